The van der Waals surface area contributed by atoms with Crippen LogP contribution >= 0.6 is 0 Å². The van der Waals surface area contributed by atoms with Gasteiger partial charge < -0.3 is 5.32 Å². The van der Waals surface area contributed by atoms with E-state index in [1.807, 2.05) is 6.92 Å². The summed E-state index contributed by atoms with van der Waals surface area (Å²) in [7, 11) is 0. The van der Waals surface area contributed by atoms with Crippen LogP contribution in [-0.2, 0) is 6.54 Å². The van der Waals surface area contributed by atoms with Gasteiger partial charge in [0.25, 0.3) is 5.91 Å². The number of hydrogen-bond donors (Lipinski definition) is 2. The summed E-state index contributed by atoms with van der Waals surface area (Å²) in [6.07, 6.45) is 3.17. The lowest BCUT2D eigenvalue weighted by Gasteiger charge is -1.96. The number of carbonyl (C=O) groups is 1. The zero-order chi connectivity index (χ0) is 10.7. The number of anilines is 1. The van der Waals surface area contributed by atoms with Crippen molar-refractivity contribution in [2.24, 2.45) is 0 Å². The van der Waals surface area contributed by atoms with Gasteiger partial charge in [0, 0.05) is 12.7 Å². The van der Waals surface area contributed by atoms with Crippen molar-refractivity contribution >= 4 is 11.7 Å². The molecule has 1 amide bonds. The number of aromatic nitrogens is 5. The largest absolute Gasteiger partial charge is 0.302 e. The first-order chi connectivity index (χ1) is 7.29. The zero-order valence-electron chi connectivity index (χ0n) is 8.14. The highest BCUT2D eigenvalue weighted by Crippen LogP contribution is 2.01. The van der Waals surface area contributed by atoms with Crippen LogP contribution in [0.2, 0.25) is 0 Å². The van der Waals surface area contributed by atoms with E-state index in [4.69, 9.17) is 0 Å². The van der Waals surface area contributed by atoms with Gasteiger partial charge in [-0.15, -0.1) is 5.10 Å². The number of amides is 1. The molecule has 0 fully saturated rings. The van der Waals surface area contributed by atoms with Crippen LogP contribution in [0.1, 0.15) is 17.4 Å². The van der Waals surface area contributed by atoms with Crippen molar-refractivity contribution in [1.82, 2.24) is 25.2 Å². The SMILES string of the molecule is CCn1ccc(C(=O)Nc2cn[nH]n2)n1. The van der Waals surface area contributed by atoms with Gasteiger partial charge in [-0.05, 0) is 13.0 Å². The van der Waals surface area contributed by atoms with Crippen LogP contribution in [0.25, 0.3) is 0 Å². The molecule has 7 heteroatoms. The van der Waals surface area contributed by atoms with E-state index in [1.54, 1.807) is 16.9 Å². The average molecular weight is 206 g/mol. The Morgan fingerprint density at radius 3 is 3.13 bits per heavy atom. The van der Waals surface area contributed by atoms with Crippen molar-refractivity contribution < 1.29 is 4.79 Å². The molecule has 0 unspecified atom stereocenters. The number of nitrogens with one attached hydrogen (secondary N) is 2. The Bertz CT molecular complexity index is 445. The van der Waals surface area contributed by atoms with Gasteiger partial charge in [0.05, 0.1) is 6.20 Å². The summed E-state index contributed by atoms with van der Waals surface area (Å²) in [6.45, 7) is 2.68. The first-order valence-electron chi connectivity index (χ1n) is 4.50. The molecule has 2 aromatic heterocycles. The fourth-order valence-electron chi connectivity index (χ4n) is 1.10. The van der Waals surface area contributed by atoms with Crippen LogP contribution in [-0.4, -0.2) is 31.1 Å². The van der Waals surface area contributed by atoms with Gasteiger partial charge in [-0.1, -0.05) is 0 Å². The van der Waals surface area contributed by atoms with Crippen molar-refractivity contribution in [3.05, 3.63) is 24.2 Å². The van der Waals surface area contributed by atoms with Gasteiger partial charge in [0.15, 0.2) is 11.5 Å². The van der Waals surface area contributed by atoms with Crippen molar-refractivity contribution in [2.75, 3.05) is 5.32 Å². The highest BCUT2D eigenvalue weighted by atomic mass is 16.2. The third kappa shape index (κ3) is 2.01. The molecule has 0 aliphatic carbocycles. The number of carbonyl (C=O) groups excluding carboxylic acids is 1. The molecule has 2 aromatic rings. The van der Waals surface area contributed by atoms with Gasteiger partial charge in [-0.2, -0.15) is 15.4 Å². The van der Waals surface area contributed by atoms with E-state index in [1.165, 1.54) is 6.20 Å². The second kappa shape index (κ2) is 3.91. The molecule has 2 N–H and O–H groups in total. The van der Waals surface area contributed by atoms with E-state index < -0.39 is 0 Å². The number of aromatic amines is 1. The summed E-state index contributed by atoms with van der Waals surface area (Å²) < 4.78 is 1.68. The summed E-state index contributed by atoms with van der Waals surface area (Å²) in [5.74, 6) is 0.0853. The summed E-state index contributed by atoms with van der Waals surface area (Å²) in [5, 5.41) is 16.3. The Kier molecular flexibility index (Phi) is 2.44. The van der Waals surface area contributed by atoms with Gasteiger partial charge in [-0.3, -0.25) is 9.48 Å². The fraction of sp³-hybridized carbons (Fsp3) is 0.250. The Balaban J connectivity index is 2.08. The third-order valence-electron chi connectivity index (χ3n) is 1.85. The van der Waals surface area contributed by atoms with Crippen molar-refractivity contribution in [3.63, 3.8) is 0 Å². The van der Waals surface area contributed by atoms with Crippen LogP contribution in [0.15, 0.2) is 18.5 Å². The van der Waals surface area contributed by atoms with E-state index in [0.29, 0.717) is 11.5 Å². The van der Waals surface area contributed by atoms with Crippen LogP contribution in [0.3, 0.4) is 0 Å². The highest BCUT2D eigenvalue weighted by Gasteiger charge is 2.10. The Morgan fingerprint density at radius 1 is 1.67 bits per heavy atom. The Hall–Kier alpha value is -2.18. The van der Waals surface area contributed by atoms with Gasteiger partial charge >= 0.3 is 0 Å². The normalized spacial score (nSPS) is 10.2. The van der Waals surface area contributed by atoms with E-state index in [-0.39, 0.29) is 5.91 Å². The van der Waals surface area contributed by atoms with Crippen LogP contribution < -0.4 is 5.32 Å². The molecule has 0 aromatic carbocycles. The predicted molar refractivity (Wildman–Crippen MR) is 52.2 cm³/mol. The first kappa shape index (κ1) is 9.38. The summed E-state index contributed by atoms with van der Waals surface area (Å²) >= 11 is 0. The minimum Gasteiger partial charge on any atom is -0.302 e. The number of aryl methyl sites for hydroxylation is 1. The molecule has 0 aliphatic heterocycles. The van der Waals surface area contributed by atoms with Crippen LogP contribution in [0.5, 0.6) is 0 Å². The maximum Gasteiger partial charge on any atom is 0.277 e. The topological polar surface area (TPSA) is 88.5 Å². The molecule has 15 heavy (non-hydrogen) atoms. The standard InChI is InChI=1S/C8H10N6O/c1-2-14-4-3-6(12-14)8(15)10-7-5-9-13-11-7/h3-5H,2H2,1H3,(H2,9,10,11,13,15). The second-order valence-corrected chi connectivity index (χ2v) is 2.87. The quantitative estimate of drug-likeness (QED) is 0.754. The number of rotatable bonds is 3. The summed E-state index contributed by atoms with van der Waals surface area (Å²) in [5.41, 5.74) is 0.361. The minimum absolute atomic E-state index is 0.295. The van der Waals surface area contributed by atoms with Crippen molar-refractivity contribution in [3.8, 4) is 0 Å². The lowest BCUT2D eigenvalue weighted by molar-refractivity contribution is 0.102. The zero-order valence-corrected chi connectivity index (χ0v) is 8.14. The summed E-state index contributed by atoms with van der Waals surface area (Å²) in [4.78, 5) is 11.6. The molecule has 2 heterocycles. The predicted octanol–water partition coefficient (Wildman–Crippen LogP) is 0.273. The average Bonchev–Trinajstić information content (AvgIpc) is 2.86. The van der Waals surface area contributed by atoms with Gasteiger partial charge in [0.1, 0.15) is 0 Å². The maximum atomic E-state index is 11.6. The van der Waals surface area contributed by atoms with E-state index in [2.05, 4.69) is 25.8 Å². The van der Waals surface area contributed by atoms with E-state index in [0.717, 1.165) is 6.54 Å². The molecular formula is C8H10N6O. The smallest absolute Gasteiger partial charge is 0.277 e. The van der Waals surface area contributed by atoms with Crippen LogP contribution in [0, 0.1) is 0 Å². The molecule has 0 bridgehead atoms. The fourth-order valence-corrected chi connectivity index (χ4v) is 1.10. The maximum absolute atomic E-state index is 11.6. The van der Waals surface area contributed by atoms with Crippen molar-refractivity contribution in [1.29, 1.82) is 0 Å². The van der Waals surface area contributed by atoms with E-state index in [9.17, 15) is 4.79 Å². The highest BCUT2D eigenvalue weighted by molar-refractivity contribution is 6.02. The van der Waals surface area contributed by atoms with E-state index >= 15 is 0 Å². The lowest BCUT2D eigenvalue weighted by Crippen LogP contribution is -2.13. The first-order valence-corrected chi connectivity index (χ1v) is 4.50. The minimum atomic E-state index is -0.295. The molecule has 0 saturated carbocycles. The second-order valence-electron chi connectivity index (χ2n) is 2.87. The number of H-pyrrole nitrogens is 1. The number of nitrogens with zero attached hydrogens (tertiary/aromatic N) is 4. The number of hydrogen-bond acceptors (Lipinski definition) is 4. The molecule has 0 spiro atoms. The summed E-state index contributed by atoms with van der Waals surface area (Å²) in [6, 6.07) is 1.65. The molecule has 7 nitrogen and oxygen atoms in total. The van der Waals surface area contributed by atoms with Gasteiger partial charge in [0.2, 0.25) is 0 Å². The molecular weight excluding hydrogens is 196 g/mol. The molecule has 0 radical (unpaired) electrons. The van der Waals surface area contributed by atoms with Crippen molar-refractivity contribution in [2.45, 2.75) is 13.5 Å². The third-order valence-corrected chi connectivity index (χ3v) is 1.85. The monoisotopic (exact) mass is 206 g/mol. The Labute approximate surface area is 85.5 Å². The molecule has 78 valence electrons. The van der Waals surface area contributed by atoms with Crippen LogP contribution in [0.4, 0.5) is 5.82 Å². The lowest BCUT2D eigenvalue weighted by atomic mass is 10.4. The molecule has 2 rings (SSSR count). The molecule has 0 aliphatic rings. The molecule has 0 atom stereocenters. The molecule has 0 saturated heterocycles. The van der Waals surface area contributed by atoms with Gasteiger partial charge in [-0.25, -0.2) is 0 Å². The Morgan fingerprint density at radius 2 is 2.53 bits per heavy atom.